The van der Waals surface area contributed by atoms with Gasteiger partial charge in [0, 0.05) is 25.4 Å². The maximum Gasteiger partial charge on any atom is 0.140 e. The van der Waals surface area contributed by atoms with Gasteiger partial charge in [0.25, 0.3) is 0 Å². The molecule has 0 saturated heterocycles. The first-order valence-corrected chi connectivity index (χ1v) is 6.29. The number of aromatic nitrogens is 3. The van der Waals surface area contributed by atoms with Gasteiger partial charge in [0.2, 0.25) is 0 Å². The second-order valence-corrected chi connectivity index (χ2v) is 4.68. The molecular weight excluding hydrogens is 216 g/mol. The predicted octanol–water partition coefficient (Wildman–Crippen LogP) is 1.24. The SMILES string of the molecule is CCn1ncnc1CN(C)C1CCC(=O)CC1. The van der Waals surface area contributed by atoms with Crippen LogP contribution in [0.25, 0.3) is 0 Å². The van der Waals surface area contributed by atoms with Gasteiger partial charge in [-0.25, -0.2) is 9.67 Å². The monoisotopic (exact) mass is 236 g/mol. The molecule has 5 heteroatoms. The fourth-order valence-electron chi connectivity index (χ4n) is 2.39. The van der Waals surface area contributed by atoms with E-state index in [-0.39, 0.29) is 0 Å². The molecule has 17 heavy (non-hydrogen) atoms. The molecule has 0 aromatic carbocycles. The van der Waals surface area contributed by atoms with Crippen LogP contribution in [-0.2, 0) is 17.9 Å². The summed E-state index contributed by atoms with van der Waals surface area (Å²) in [7, 11) is 2.11. The lowest BCUT2D eigenvalue weighted by Crippen LogP contribution is -2.35. The Balaban J connectivity index is 1.92. The summed E-state index contributed by atoms with van der Waals surface area (Å²) in [4.78, 5) is 17.8. The smallest absolute Gasteiger partial charge is 0.140 e. The van der Waals surface area contributed by atoms with Gasteiger partial charge in [0.15, 0.2) is 0 Å². The summed E-state index contributed by atoms with van der Waals surface area (Å²) in [6, 6.07) is 0.509. The Kier molecular flexibility index (Phi) is 3.89. The molecule has 1 aliphatic carbocycles. The van der Waals surface area contributed by atoms with Crippen LogP contribution in [0.4, 0.5) is 0 Å². The number of aryl methyl sites for hydroxylation is 1. The van der Waals surface area contributed by atoms with E-state index >= 15 is 0 Å². The Hall–Kier alpha value is -1.23. The summed E-state index contributed by atoms with van der Waals surface area (Å²) in [5.74, 6) is 1.42. The summed E-state index contributed by atoms with van der Waals surface area (Å²) in [6.45, 7) is 3.73. The summed E-state index contributed by atoms with van der Waals surface area (Å²) in [6.07, 6.45) is 5.03. The zero-order valence-corrected chi connectivity index (χ0v) is 10.6. The van der Waals surface area contributed by atoms with Gasteiger partial charge >= 0.3 is 0 Å². The highest BCUT2D eigenvalue weighted by atomic mass is 16.1. The first-order valence-electron chi connectivity index (χ1n) is 6.29. The Morgan fingerprint density at radius 2 is 2.18 bits per heavy atom. The maximum absolute atomic E-state index is 11.2. The van der Waals surface area contributed by atoms with E-state index in [1.165, 1.54) is 0 Å². The number of nitrogens with zero attached hydrogens (tertiary/aromatic N) is 4. The molecule has 1 aromatic heterocycles. The van der Waals surface area contributed by atoms with Crippen LogP contribution >= 0.6 is 0 Å². The first-order chi connectivity index (χ1) is 8.20. The van der Waals surface area contributed by atoms with E-state index in [4.69, 9.17) is 0 Å². The van der Waals surface area contributed by atoms with Gasteiger partial charge in [-0.15, -0.1) is 0 Å². The zero-order chi connectivity index (χ0) is 12.3. The number of Topliss-reactive ketones (excluding diaryl/α,β-unsaturated/α-hetero) is 1. The fourth-order valence-corrected chi connectivity index (χ4v) is 2.39. The molecule has 0 unspecified atom stereocenters. The van der Waals surface area contributed by atoms with Crippen molar-refractivity contribution in [3.05, 3.63) is 12.2 Å². The molecule has 2 rings (SSSR count). The minimum absolute atomic E-state index is 0.409. The molecular formula is C12H20N4O. The molecule has 0 amide bonds. The molecule has 1 aromatic rings. The quantitative estimate of drug-likeness (QED) is 0.789. The second kappa shape index (κ2) is 5.40. The van der Waals surface area contributed by atoms with Gasteiger partial charge in [-0.1, -0.05) is 0 Å². The van der Waals surface area contributed by atoms with Crippen LogP contribution in [0.3, 0.4) is 0 Å². The summed E-state index contributed by atoms with van der Waals surface area (Å²) < 4.78 is 1.92. The molecule has 0 atom stereocenters. The van der Waals surface area contributed by atoms with Gasteiger partial charge in [-0.3, -0.25) is 9.69 Å². The van der Waals surface area contributed by atoms with Crippen molar-refractivity contribution in [2.24, 2.45) is 0 Å². The normalized spacial score (nSPS) is 17.9. The molecule has 0 aliphatic heterocycles. The topological polar surface area (TPSA) is 51.0 Å². The van der Waals surface area contributed by atoms with Crippen molar-refractivity contribution in [2.45, 2.75) is 51.7 Å². The van der Waals surface area contributed by atoms with Crippen molar-refractivity contribution in [1.82, 2.24) is 19.7 Å². The van der Waals surface area contributed by atoms with E-state index < -0.39 is 0 Å². The minimum Gasteiger partial charge on any atom is -0.300 e. The van der Waals surface area contributed by atoms with Gasteiger partial charge in [-0.05, 0) is 26.8 Å². The third-order valence-electron chi connectivity index (χ3n) is 3.52. The van der Waals surface area contributed by atoms with Crippen molar-refractivity contribution in [1.29, 1.82) is 0 Å². The van der Waals surface area contributed by atoms with E-state index in [0.29, 0.717) is 11.8 Å². The summed E-state index contributed by atoms with van der Waals surface area (Å²) in [5.41, 5.74) is 0. The van der Waals surface area contributed by atoms with Gasteiger partial charge < -0.3 is 0 Å². The third-order valence-corrected chi connectivity index (χ3v) is 3.52. The number of rotatable bonds is 4. The second-order valence-electron chi connectivity index (χ2n) is 4.68. The van der Waals surface area contributed by atoms with Gasteiger partial charge in [-0.2, -0.15) is 5.10 Å². The van der Waals surface area contributed by atoms with E-state index in [9.17, 15) is 4.79 Å². The van der Waals surface area contributed by atoms with Crippen molar-refractivity contribution in [2.75, 3.05) is 7.05 Å². The van der Waals surface area contributed by atoms with Crippen LogP contribution < -0.4 is 0 Å². The fraction of sp³-hybridized carbons (Fsp3) is 0.750. The number of hydrogen-bond donors (Lipinski definition) is 0. The van der Waals surface area contributed by atoms with Gasteiger partial charge in [0.1, 0.15) is 17.9 Å². The van der Waals surface area contributed by atoms with Crippen LogP contribution in [0, 0.1) is 0 Å². The van der Waals surface area contributed by atoms with Crippen LogP contribution in [0.2, 0.25) is 0 Å². The molecule has 5 nitrogen and oxygen atoms in total. The standard InChI is InChI=1S/C12H20N4O/c1-3-16-12(13-9-14-16)8-15(2)10-4-6-11(17)7-5-10/h9-10H,3-8H2,1-2H3. The molecule has 1 saturated carbocycles. The first kappa shape index (κ1) is 12.2. The lowest BCUT2D eigenvalue weighted by molar-refractivity contribution is -0.121. The Morgan fingerprint density at radius 1 is 1.47 bits per heavy atom. The van der Waals surface area contributed by atoms with Crippen molar-refractivity contribution >= 4 is 5.78 Å². The molecule has 1 heterocycles. The Bertz CT molecular complexity index is 378. The lowest BCUT2D eigenvalue weighted by Gasteiger charge is -2.30. The van der Waals surface area contributed by atoms with Crippen molar-refractivity contribution < 1.29 is 4.79 Å². The molecule has 1 fully saturated rings. The molecule has 0 radical (unpaired) electrons. The van der Waals surface area contributed by atoms with Crippen LogP contribution in [-0.4, -0.2) is 38.5 Å². The molecule has 1 aliphatic rings. The van der Waals surface area contributed by atoms with E-state index in [2.05, 4.69) is 29.0 Å². The highest BCUT2D eigenvalue weighted by Crippen LogP contribution is 2.20. The van der Waals surface area contributed by atoms with Crippen LogP contribution in [0.15, 0.2) is 6.33 Å². The highest BCUT2D eigenvalue weighted by Gasteiger charge is 2.22. The molecule has 94 valence electrons. The maximum atomic E-state index is 11.2. The summed E-state index contributed by atoms with van der Waals surface area (Å²) >= 11 is 0. The van der Waals surface area contributed by atoms with E-state index in [0.717, 1.165) is 44.6 Å². The number of hydrogen-bond acceptors (Lipinski definition) is 4. The lowest BCUT2D eigenvalue weighted by atomic mass is 9.93. The highest BCUT2D eigenvalue weighted by molar-refractivity contribution is 5.79. The zero-order valence-electron chi connectivity index (χ0n) is 10.6. The van der Waals surface area contributed by atoms with E-state index in [1.807, 2.05) is 4.68 Å². The third kappa shape index (κ3) is 2.91. The minimum atomic E-state index is 0.409. The van der Waals surface area contributed by atoms with Crippen molar-refractivity contribution in [3.8, 4) is 0 Å². The average Bonchev–Trinajstić information content (AvgIpc) is 2.77. The largest absolute Gasteiger partial charge is 0.300 e. The number of carbonyl (C=O) groups excluding carboxylic acids is 1. The van der Waals surface area contributed by atoms with Crippen LogP contribution in [0.5, 0.6) is 0 Å². The summed E-state index contributed by atoms with van der Waals surface area (Å²) in [5, 5.41) is 4.17. The Labute approximate surface area is 102 Å². The van der Waals surface area contributed by atoms with Crippen LogP contribution in [0.1, 0.15) is 38.4 Å². The number of carbonyl (C=O) groups is 1. The van der Waals surface area contributed by atoms with E-state index in [1.54, 1.807) is 6.33 Å². The average molecular weight is 236 g/mol. The molecule has 0 bridgehead atoms. The molecule has 0 N–H and O–H groups in total. The van der Waals surface area contributed by atoms with Crippen molar-refractivity contribution in [3.63, 3.8) is 0 Å². The molecule has 0 spiro atoms. The Morgan fingerprint density at radius 3 is 2.82 bits per heavy atom. The number of ketones is 1. The van der Waals surface area contributed by atoms with Gasteiger partial charge in [0.05, 0.1) is 6.54 Å². The predicted molar refractivity (Wildman–Crippen MR) is 64.4 cm³/mol.